The second-order valence-corrected chi connectivity index (χ2v) is 7.82. The van der Waals surface area contributed by atoms with Gasteiger partial charge in [-0.1, -0.05) is 25.2 Å². The summed E-state index contributed by atoms with van der Waals surface area (Å²) in [5, 5.41) is 11.3. The Balaban J connectivity index is 1.84. The smallest absolute Gasteiger partial charge is 0.269 e. The topological polar surface area (TPSA) is 79.6 Å². The van der Waals surface area contributed by atoms with E-state index in [1.165, 1.54) is 41.7 Å². The SMILES string of the molecule is CCN(CC)CCN(C(=O)C=Cc1ccc([N+](=O)[O-])cc1)c1nc2ccc(F)cc2s1. The van der Waals surface area contributed by atoms with Gasteiger partial charge >= 0.3 is 0 Å². The molecule has 0 aliphatic rings. The number of thiazole rings is 1. The zero-order valence-electron chi connectivity index (χ0n) is 17.3. The molecule has 0 fully saturated rings. The number of amides is 1. The zero-order valence-corrected chi connectivity index (χ0v) is 18.1. The third kappa shape index (κ3) is 5.71. The van der Waals surface area contributed by atoms with Crippen LogP contribution in [0.15, 0.2) is 48.5 Å². The van der Waals surface area contributed by atoms with E-state index in [0.29, 0.717) is 34.0 Å². The first-order valence-electron chi connectivity index (χ1n) is 9.93. The maximum absolute atomic E-state index is 13.6. The number of hydrogen-bond donors (Lipinski definition) is 0. The van der Waals surface area contributed by atoms with Crippen LogP contribution in [0.25, 0.3) is 16.3 Å². The monoisotopic (exact) mass is 442 g/mol. The molecule has 0 saturated heterocycles. The molecule has 0 unspecified atom stereocenters. The summed E-state index contributed by atoms with van der Waals surface area (Å²) in [7, 11) is 0. The molecule has 1 heterocycles. The lowest BCUT2D eigenvalue weighted by molar-refractivity contribution is -0.384. The van der Waals surface area contributed by atoms with Gasteiger partial charge in [-0.05, 0) is 55.1 Å². The Hall–Kier alpha value is -3.17. The number of fused-ring (bicyclic) bond motifs is 1. The van der Waals surface area contributed by atoms with Crippen LogP contribution in [-0.4, -0.2) is 46.9 Å². The van der Waals surface area contributed by atoms with E-state index in [0.717, 1.165) is 13.1 Å². The number of carbonyl (C=O) groups excluding carboxylic acids is 1. The predicted octanol–water partition coefficient (Wildman–Crippen LogP) is 4.73. The summed E-state index contributed by atoms with van der Waals surface area (Å²) >= 11 is 1.27. The number of nitrogens with zero attached hydrogens (tertiary/aromatic N) is 4. The van der Waals surface area contributed by atoms with Crippen molar-refractivity contribution in [3.8, 4) is 0 Å². The molecule has 2 aromatic carbocycles. The van der Waals surface area contributed by atoms with Crippen molar-refractivity contribution in [2.45, 2.75) is 13.8 Å². The lowest BCUT2D eigenvalue weighted by atomic mass is 10.2. The van der Waals surface area contributed by atoms with E-state index in [9.17, 15) is 19.3 Å². The number of benzene rings is 2. The van der Waals surface area contributed by atoms with E-state index >= 15 is 0 Å². The summed E-state index contributed by atoms with van der Waals surface area (Å²) < 4.78 is 14.3. The number of rotatable bonds is 9. The summed E-state index contributed by atoms with van der Waals surface area (Å²) in [5.74, 6) is -0.605. The molecule has 9 heteroatoms. The minimum absolute atomic E-state index is 0.00830. The average molecular weight is 443 g/mol. The van der Waals surface area contributed by atoms with E-state index in [2.05, 4.69) is 23.7 Å². The maximum atomic E-state index is 13.6. The molecule has 0 bridgehead atoms. The highest BCUT2D eigenvalue weighted by atomic mass is 32.1. The first-order chi connectivity index (χ1) is 14.9. The standard InChI is InChI=1S/C22H23FN4O3S/c1-3-25(4-2)13-14-26(22-24-19-11-8-17(23)15-20(19)31-22)21(28)12-7-16-5-9-18(10-6-16)27(29)30/h5-12,15H,3-4,13-14H2,1-2H3. The molecule has 0 aliphatic carbocycles. The third-order valence-corrected chi connectivity index (χ3v) is 5.93. The Labute approximate surface area is 183 Å². The first kappa shape index (κ1) is 22.5. The van der Waals surface area contributed by atoms with Crippen LogP contribution in [0.3, 0.4) is 0 Å². The van der Waals surface area contributed by atoms with Gasteiger partial charge in [0.15, 0.2) is 5.13 Å². The van der Waals surface area contributed by atoms with Crippen LogP contribution in [0.5, 0.6) is 0 Å². The molecule has 162 valence electrons. The Morgan fingerprint density at radius 1 is 1.16 bits per heavy atom. The van der Waals surface area contributed by atoms with Crippen molar-refractivity contribution in [1.29, 1.82) is 0 Å². The summed E-state index contributed by atoms with van der Waals surface area (Å²) in [4.78, 5) is 31.7. The molecule has 0 spiro atoms. The van der Waals surface area contributed by atoms with E-state index in [1.807, 2.05) is 0 Å². The molecule has 0 radical (unpaired) electrons. The van der Waals surface area contributed by atoms with Gasteiger partial charge in [-0.3, -0.25) is 19.8 Å². The number of hydrogen-bond acceptors (Lipinski definition) is 6. The number of aromatic nitrogens is 1. The molecule has 3 rings (SSSR count). The molecule has 0 N–H and O–H groups in total. The van der Waals surface area contributed by atoms with Crippen LogP contribution in [-0.2, 0) is 4.79 Å². The fourth-order valence-electron chi connectivity index (χ4n) is 3.05. The van der Waals surface area contributed by atoms with Crippen LogP contribution < -0.4 is 4.90 Å². The fraction of sp³-hybridized carbons (Fsp3) is 0.273. The van der Waals surface area contributed by atoms with Gasteiger partial charge in [0.25, 0.3) is 11.6 Å². The number of nitro benzene ring substituents is 1. The van der Waals surface area contributed by atoms with E-state index in [-0.39, 0.29) is 17.4 Å². The molecule has 31 heavy (non-hydrogen) atoms. The number of nitro groups is 1. The molecule has 1 aromatic heterocycles. The number of carbonyl (C=O) groups is 1. The summed E-state index contributed by atoms with van der Waals surface area (Å²) in [5.41, 5.74) is 1.31. The Bertz CT molecular complexity index is 1090. The molecule has 7 nitrogen and oxygen atoms in total. The Kier molecular flexibility index (Phi) is 7.43. The van der Waals surface area contributed by atoms with Gasteiger partial charge in [-0.25, -0.2) is 9.37 Å². The number of likely N-dealkylation sites (N-methyl/N-ethyl adjacent to an activating group) is 1. The van der Waals surface area contributed by atoms with Crippen molar-refractivity contribution < 1.29 is 14.1 Å². The second kappa shape index (κ2) is 10.2. The number of non-ortho nitro benzene ring substituents is 1. The molecule has 0 saturated carbocycles. The Morgan fingerprint density at radius 3 is 2.52 bits per heavy atom. The molecule has 1 amide bonds. The van der Waals surface area contributed by atoms with Gasteiger partial charge in [-0.15, -0.1) is 0 Å². The van der Waals surface area contributed by atoms with Crippen molar-refractivity contribution in [2.75, 3.05) is 31.1 Å². The van der Waals surface area contributed by atoms with Crippen molar-refractivity contribution in [3.63, 3.8) is 0 Å². The number of anilines is 1. The molecular formula is C22H23FN4O3S. The maximum Gasteiger partial charge on any atom is 0.269 e. The predicted molar refractivity (Wildman–Crippen MR) is 122 cm³/mol. The van der Waals surface area contributed by atoms with Gasteiger partial charge in [-0.2, -0.15) is 0 Å². The molecule has 3 aromatic rings. The quantitative estimate of drug-likeness (QED) is 0.272. The van der Waals surface area contributed by atoms with Gasteiger partial charge in [0.1, 0.15) is 5.82 Å². The highest BCUT2D eigenvalue weighted by Crippen LogP contribution is 2.29. The van der Waals surface area contributed by atoms with Crippen molar-refractivity contribution in [2.24, 2.45) is 0 Å². The van der Waals surface area contributed by atoms with Gasteiger partial charge in [0, 0.05) is 31.3 Å². The second-order valence-electron chi connectivity index (χ2n) is 6.81. The zero-order chi connectivity index (χ0) is 22.4. The van der Waals surface area contributed by atoms with Crippen molar-refractivity contribution in [1.82, 2.24) is 9.88 Å². The summed E-state index contributed by atoms with van der Waals surface area (Å²) in [6.45, 7) is 6.96. The highest BCUT2D eigenvalue weighted by molar-refractivity contribution is 7.22. The normalized spacial score (nSPS) is 11.5. The molecule has 0 atom stereocenters. The van der Waals surface area contributed by atoms with E-state index < -0.39 is 4.92 Å². The lowest BCUT2D eigenvalue weighted by Gasteiger charge is -2.23. The fourth-order valence-corrected chi connectivity index (χ4v) is 4.07. The van der Waals surface area contributed by atoms with Gasteiger partial charge in [0.05, 0.1) is 15.1 Å². The molecule has 0 aliphatic heterocycles. The molecular weight excluding hydrogens is 419 g/mol. The summed E-state index contributed by atoms with van der Waals surface area (Å²) in [6, 6.07) is 10.3. The lowest BCUT2D eigenvalue weighted by Crippen LogP contribution is -2.38. The van der Waals surface area contributed by atoms with Crippen LogP contribution in [0.4, 0.5) is 15.2 Å². The van der Waals surface area contributed by atoms with Gasteiger partial charge in [0.2, 0.25) is 0 Å². The summed E-state index contributed by atoms with van der Waals surface area (Å²) in [6.07, 6.45) is 3.04. The van der Waals surface area contributed by atoms with Crippen LogP contribution in [0.1, 0.15) is 19.4 Å². The highest BCUT2D eigenvalue weighted by Gasteiger charge is 2.19. The largest absolute Gasteiger partial charge is 0.302 e. The minimum Gasteiger partial charge on any atom is -0.302 e. The van der Waals surface area contributed by atoms with E-state index in [1.54, 1.807) is 29.2 Å². The van der Waals surface area contributed by atoms with Crippen LogP contribution in [0.2, 0.25) is 0 Å². The minimum atomic E-state index is -0.469. The first-order valence-corrected chi connectivity index (χ1v) is 10.8. The van der Waals surface area contributed by atoms with Crippen molar-refractivity contribution in [3.05, 3.63) is 70.0 Å². The van der Waals surface area contributed by atoms with Crippen LogP contribution >= 0.6 is 11.3 Å². The number of halogens is 1. The van der Waals surface area contributed by atoms with Crippen molar-refractivity contribution >= 4 is 44.4 Å². The Morgan fingerprint density at radius 2 is 1.87 bits per heavy atom. The third-order valence-electron chi connectivity index (χ3n) is 4.89. The van der Waals surface area contributed by atoms with E-state index in [4.69, 9.17) is 0 Å². The van der Waals surface area contributed by atoms with Gasteiger partial charge < -0.3 is 4.90 Å². The average Bonchev–Trinajstić information content (AvgIpc) is 3.18. The van der Waals surface area contributed by atoms with Crippen LogP contribution in [0, 0.1) is 15.9 Å².